The van der Waals surface area contributed by atoms with Crippen LogP contribution < -0.4 is 11.5 Å². The van der Waals surface area contributed by atoms with Gasteiger partial charge in [0.25, 0.3) is 11.8 Å². The zero-order valence-corrected chi connectivity index (χ0v) is 12.7. The highest BCUT2D eigenvalue weighted by Crippen LogP contribution is 2.34. The van der Waals surface area contributed by atoms with Crippen molar-refractivity contribution in [3.63, 3.8) is 0 Å². The standard InChI is InChI=1S/C17H19N3O3/c18-8-6-10(19)7-9-20-16(22)12-3-1-2-11-14(21)5-4-13(15(11)12)17(20)23/h1-5,10,21H,6-9,18-19H2. The maximum absolute atomic E-state index is 12.7. The van der Waals surface area contributed by atoms with E-state index in [0.29, 0.717) is 41.3 Å². The Labute approximate surface area is 133 Å². The van der Waals surface area contributed by atoms with Gasteiger partial charge in [-0.15, -0.1) is 0 Å². The van der Waals surface area contributed by atoms with Crippen LogP contribution in [0.5, 0.6) is 5.75 Å². The van der Waals surface area contributed by atoms with E-state index in [9.17, 15) is 14.7 Å². The molecule has 2 aromatic rings. The molecule has 1 aliphatic heterocycles. The molecule has 1 aliphatic rings. The Morgan fingerprint density at radius 2 is 1.74 bits per heavy atom. The number of phenols is 1. The Hall–Kier alpha value is -2.44. The Morgan fingerprint density at radius 1 is 1.04 bits per heavy atom. The molecule has 0 fully saturated rings. The molecular formula is C17H19N3O3. The van der Waals surface area contributed by atoms with E-state index in [0.717, 1.165) is 0 Å². The molecule has 6 heteroatoms. The summed E-state index contributed by atoms with van der Waals surface area (Å²) in [5, 5.41) is 11.0. The molecule has 6 nitrogen and oxygen atoms in total. The van der Waals surface area contributed by atoms with Gasteiger partial charge in [-0.1, -0.05) is 12.1 Å². The first-order valence-electron chi connectivity index (χ1n) is 7.61. The summed E-state index contributed by atoms with van der Waals surface area (Å²) in [7, 11) is 0. The Morgan fingerprint density at radius 3 is 2.43 bits per heavy atom. The van der Waals surface area contributed by atoms with Crippen LogP contribution >= 0.6 is 0 Å². The summed E-state index contributed by atoms with van der Waals surface area (Å²) in [4.78, 5) is 26.5. The van der Waals surface area contributed by atoms with Gasteiger partial charge in [-0.3, -0.25) is 14.5 Å². The number of carbonyl (C=O) groups is 2. The van der Waals surface area contributed by atoms with Gasteiger partial charge in [-0.2, -0.15) is 0 Å². The van der Waals surface area contributed by atoms with Gasteiger partial charge in [0.15, 0.2) is 0 Å². The number of benzene rings is 2. The van der Waals surface area contributed by atoms with Crippen LogP contribution in [0, 0.1) is 0 Å². The highest BCUT2D eigenvalue weighted by molar-refractivity contribution is 6.26. The van der Waals surface area contributed by atoms with Gasteiger partial charge in [0.2, 0.25) is 0 Å². The van der Waals surface area contributed by atoms with Crippen molar-refractivity contribution in [1.29, 1.82) is 0 Å². The molecule has 23 heavy (non-hydrogen) atoms. The summed E-state index contributed by atoms with van der Waals surface area (Å²) in [6.45, 7) is 0.736. The Bertz CT molecular complexity index is 766. The summed E-state index contributed by atoms with van der Waals surface area (Å²) in [5.74, 6) is -0.637. The van der Waals surface area contributed by atoms with Crippen molar-refractivity contribution in [2.45, 2.75) is 18.9 Å². The minimum atomic E-state index is -0.348. The average molecular weight is 313 g/mol. The van der Waals surface area contributed by atoms with Crippen molar-refractivity contribution in [2.24, 2.45) is 11.5 Å². The van der Waals surface area contributed by atoms with E-state index in [4.69, 9.17) is 11.5 Å². The fourth-order valence-corrected chi connectivity index (χ4v) is 2.99. The molecule has 1 atom stereocenters. The molecule has 3 rings (SSSR count). The number of aromatic hydroxyl groups is 1. The minimum absolute atomic E-state index is 0.0598. The second kappa shape index (κ2) is 5.98. The lowest BCUT2D eigenvalue weighted by atomic mass is 9.93. The molecular weight excluding hydrogens is 294 g/mol. The molecule has 1 unspecified atom stereocenters. The van der Waals surface area contributed by atoms with Crippen molar-refractivity contribution in [3.8, 4) is 5.75 Å². The molecule has 0 bridgehead atoms. The topological polar surface area (TPSA) is 110 Å². The van der Waals surface area contributed by atoms with E-state index in [2.05, 4.69) is 0 Å². The molecule has 0 saturated carbocycles. The predicted octanol–water partition coefficient (Wildman–Crippen LogP) is 1.21. The van der Waals surface area contributed by atoms with Crippen molar-refractivity contribution in [1.82, 2.24) is 4.90 Å². The van der Waals surface area contributed by atoms with E-state index in [-0.39, 0.29) is 30.2 Å². The van der Waals surface area contributed by atoms with Crippen LogP contribution in [0.3, 0.4) is 0 Å². The fourth-order valence-electron chi connectivity index (χ4n) is 2.99. The molecule has 0 aliphatic carbocycles. The molecule has 0 radical (unpaired) electrons. The third kappa shape index (κ3) is 2.56. The SMILES string of the molecule is NCCC(N)CCN1C(=O)c2cccc3c(O)ccc(c23)C1=O. The van der Waals surface area contributed by atoms with Crippen LogP contribution in [0.4, 0.5) is 0 Å². The number of hydrogen-bond donors (Lipinski definition) is 3. The smallest absolute Gasteiger partial charge is 0.261 e. The second-order valence-electron chi connectivity index (χ2n) is 5.75. The minimum Gasteiger partial charge on any atom is -0.507 e. The molecule has 120 valence electrons. The zero-order valence-electron chi connectivity index (χ0n) is 12.7. The summed E-state index contributed by atoms with van der Waals surface area (Å²) < 4.78 is 0. The largest absolute Gasteiger partial charge is 0.507 e. The first-order valence-corrected chi connectivity index (χ1v) is 7.61. The average Bonchev–Trinajstić information content (AvgIpc) is 2.54. The summed E-state index contributed by atoms with van der Waals surface area (Å²) in [5.41, 5.74) is 12.3. The van der Waals surface area contributed by atoms with Crippen LogP contribution in [-0.2, 0) is 0 Å². The number of phenolic OH excluding ortho intramolecular Hbond substituents is 1. The molecule has 2 amide bonds. The maximum atomic E-state index is 12.7. The van der Waals surface area contributed by atoms with Gasteiger partial charge in [-0.25, -0.2) is 0 Å². The van der Waals surface area contributed by atoms with E-state index in [1.165, 1.54) is 11.0 Å². The summed E-state index contributed by atoms with van der Waals surface area (Å²) >= 11 is 0. The number of carbonyl (C=O) groups excluding carboxylic acids is 2. The van der Waals surface area contributed by atoms with Crippen LogP contribution in [0.15, 0.2) is 30.3 Å². The van der Waals surface area contributed by atoms with Gasteiger partial charge in [-0.05, 0) is 37.6 Å². The number of nitrogens with two attached hydrogens (primary N) is 2. The Kier molecular flexibility index (Phi) is 4.02. The lowest BCUT2D eigenvalue weighted by molar-refractivity contribution is 0.0606. The predicted molar refractivity (Wildman–Crippen MR) is 87.2 cm³/mol. The van der Waals surface area contributed by atoms with E-state index in [1.807, 2.05) is 0 Å². The highest BCUT2D eigenvalue weighted by atomic mass is 16.3. The Balaban J connectivity index is 1.98. The van der Waals surface area contributed by atoms with Crippen molar-refractivity contribution < 1.29 is 14.7 Å². The third-order valence-corrected chi connectivity index (χ3v) is 4.23. The van der Waals surface area contributed by atoms with Gasteiger partial charge >= 0.3 is 0 Å². The molecule has 1 heterocycles. The quantitative estimate of drug-likeness (QED) is 0.719. The van der Waals surface area contributed by atoms with Gasteiger partial charge in [0, 0.05) is 34.5 Å². The maximum Gasteiger partial charge on any atom is 0.261 e. The van der Waals surface area contributed by atoms with E-state index in [1.54, 1.807) is 24.3 Å². The van der Waals surface area contributed by atoms with Crippen LogP contribution in [0.25, 0.3) is 10.8 Å². The first-order chi connectivity index (χ1) is 11.0. The summed E-state index contributed by atoms with van der Waals surface area (Å²) in [6, 6.07) is 7.97. The van der Waals surface area contributed by atoms with Crippen molar-refractivity contribution >= 4 is 22.6 Å². The number of imide groups is 1. The number of hydrogen-bond acceptors (Lipinski definition) is 5. The lowest BCUT2D eigenvalue weighted by Crippen LogP contribution is -2.42. The van der Waals surface area contributed by atoms with Gasteiger partial charge in [0.05, 0.1) is 0 Å². The number of amides is 2. The van der Waals surface area contributed by atoms with Gasteiger partial charge < -0.3 is 16.6 Å². The summed E-state index contributed by atoms with van der Waals surface area (Å²) in [6.07, 6.45) is 1.16. The molecule has 5 N–H and O–H groups in total. The second-order valence-corrected chi connectivity index (χ2v) is 5.75. The zero-order chi connectivity index (χ0) is 16.6. The van der Waals surface area contributed by atoms with Crippen molar-refractivity contribution in [2.75, 3.05) is 13.1 Å². The monoisotopic (exact) mass is 313 g/mol. The van der Waals surface area contributed by atoms with Crippen LogP contribution in [0.2, 0.25) is 0 Å². The number of nitrogens with zero attached hydrogens (tertiary/aromatic N) is 1. The molecule has 2 aromatic carbocycles. The lowest BCUT2D eigenvalue weighted by Gasteiger charge is -2.28. The molecule has 0 aromatic heterocycles. The normalized spacial score (nSPS) is 15.3. The van der Waals surface area contributed by atoms with Crippen molar-refractivity contribution in [3.05, 3.63) is 41.5 Å². The van der Waals surface area contributed by atoms with E-state index < -0.39 is 0 Å². The molecule has 0 saturated heterocycles. The van der Waals surface area contributed by atoms with Crippen LogP contribution in [-0.4, -0.2) is 41.0 Å². The van der Waals surface area contributed by atoms with Gasteiger partial charge in [0.1, 0.15) is 5.75 Å². The first kappa shape index (κ1) is 15.5. The number of rotatable bonds is 5. The molecule has 0 spiro atoms. The van der Waals surface area contributed by atoms with Crippen LogP contribution in [0.1, 0.15) is 33.6 Å². The fraction of sp³-hybridized carbons (Fsp3) is 0.294. The third-order valence-electron chi connectivity index (χ3n) is 4.23. The van der Waals surface area contributed by atoms with E-state index >= 15 is 0 Å². The highest BCUT2D eigenvalue weighted by Gasteiger charge is 2.33.